The lowest BCUT2D eigenvalue weighted by Crippen LogP contribution is -2.45. The van der Waals surface area contributed by atoms with Crippen molar-refractivity contribution in [3.8, 4) is 0 Å². The summed E-state index contributed by atoms with van der Waals surface area (Å²) in [6.45, 7) is 4.97. The minimum atomic E-state index is 0.347. The quantitative estimate of drug-likeness (QED) is 0.550. The largest absolute Gasteiger partial charge is 0.353 e. The highest BCUT2D eigenvalue weighted by molar-refractivity contribution is 5.80. The van der Waals surface area contributed by atoms with E-state index in [2.05, 4.69) is 45.3 Å². The predicted molar refractivity (Wildman–Crippen MR) is 107 cm³/mol. The van der Waals surface area contributed by atoms with Crippen molar-refractivity contribution in [2.24, 2.45) is 4.99 Å². The monoisotopic (exact) mass is 365 g/mol. The molecule has 0 amide bonds. The summed E-state index contributed by atoms with van der Waals surface area (Å²) in [5.74, 6) is 0.809. The molecule has 1 aliphatic carbocycles. The topological polar surface area (TPSA) is 71.5 Å². The molecule has 0 aromatic carbocycles. The Morgan fingerprint density at radius 1 is 1.33 bits per heavy atom. The van der Waals surface area contributed by atoms with E-state index in [1.54, 1.807) is 7.05 Å². The van der Waals surface area contributed by atoms with Crippen molar-refractivity contribution >= 4 is 11.6 Å². The standard InChI is InChI=1S/C20H27N7/c1-14(2)27-12-15-7-8-16(10-18(15)25-27)24-20(21-3)22-11-17-13-26-9-5-4-6-19(26)23-17/h4-6,9,12-14,16H,7-8,10-11H2,1-3H3,(H2,21,22,24). The van der Waals surface area contributed by atoms with Crippen molar-refractivity contribution in [3.63, 3.8) is 0 Å². The zero-order valence-electron chi connectivity index (χ0n) is 16.2. The highest BCUT2D eigenvalue weighted by Crippen LogP contribution is 2.21. The lowest BCUT2D eigenvalue weighted by molar-refractivity contribution is 0.499. The average Bonchev–Trinajstić information content (AvgIpc) is 3.28. The first-order valence-corrected chi connectivity index (χ1v) is 9.59. The summed E-state index contributed by atoms with van der Waals surface area (Å²) in [7, 11) is 1.81. The third-order valence-electron chi connectivity index (χ3n) is 5.04. The van der Waals surface area contributed by atoms with Crippen molar-refractivity contribution in [2.45, 2.75) is 51.7 Å². The first-order chi connectivity index (χ1) is 13.1. The minimum absolute atomic E-state index is 0.347. The molecule has 1 atom stereocenters. The molecule has 4 rings (SSSR count). The molecule has 0 saturated carbocycles. The van der Waals surface area contributed by atoms with Gasteiger partial charge in [-0.3, -0.25) is 9.67 Å². The molecule has 1 aliphatic rings. The zero-order chi connectivity index (χ0) is 18.8. The molecule has 2 N–H and O–H groups in total. The van der Waals surface area contributed by atoms with Gasteiger partial charge in [-0.05, 0) is 44.4 Å². The van der Waals surface area contributed by atoms with Crippen LogP contribution in [0.5, 0.6) is 0 Å². The molecule has 3 aromatic rings. The van der Waals surface area contributed by atoms with Crippen LogP contribution < -0.4 is 10.6 Å². The molecular formula is C20H27N7. The number of aryl methyl sites for hydroxylation is 1. The fourth-order valence-corrected chi connectivity index (χ4v) is 3.53. The van der Waals surface area contributed by atoms with E-state index in [1.165, 1.54) is 11.3 Å². The van der Waals surface area contributed by atoms with E-state index in [-0.39, 0.29) is 0 Å². The van der Waals surface area contributed by atoms with Gasteiger partial charge in [-0.25, -0.2) is 4.98 Å². The zero-order valence-corrected chi connectivity index (χ0v) is 16.2. The van der Waals surface area contributed by atoms with Gasteiger partial charge in [0.2, 0.25) is 0 Å². The summed E-state index contributed by atoms with van der Waals surface area (Å²) in [4.78, 5) is 8.99. The van der Waals surface area contributed by atoms with Gasteiger partial charge in [0.25, 0.3) is 0 Å². The Hall–Kier alpha value is -2.83. The summed E-state index contributed by atoms with van der Waals surface area (Å²) in [5, 5.41) is 11.7. The van der Waals surface area contributed by atoms with Crippen LogP contribution in [0.25, 0.3) is 5.65 Å². The van der Waals surface area contributed by atoms with Gasteiger partial charge in [-0.15, -0.1) is 0 Å². The van der Waals surface area contributed by atoms with Crippen LogP contribution in [0.4, 0.5) is 0 Å². The molecular weight excluding hydrogens is 338 g/mol. The first kappa shape index (κ1) is 17.6. The number of hydrogen-bond acceptors (Lipinski definition) is 3. The number of nitrogens with zero attached hydrogens (tertiary/aromatic N) is 5. The summed E-state index contributed by atoms with van der Waals surface area (Å²) in [6.07, 6.45) is 9.33. The summed E-state index contributed by atoms with van der Waals surface area (Å²) < 4.78 is 4.10. The number of imidazole rings is 1. The number of aromatic nitrogens is 4. The normalized spacial score (nSPS) is 17.3. The van der Waals surface area contributed by atoms with E-state index in [9.17, 15) is 0 Å². The van der Waals surface area contributed by atoms with Gasteiger partial charge in [0, 0.05) is 44.1 Å². The summed E-state index contributed by atoms with van der Waals surface area (Å²) in [5.41, 5.74) is 4.54. The number of rotatable bonds is 4. The molecule has 0 fully saturated rings. The van der Waals surface area contributed by atoms with Crippen LogP contribution in [-0.4, -0.2) is 38.2 Å². The van der Waals surface area contributed by atoms with E-state index < -0.39 is 0 Å². The number of fused-ring (bicyclic) bond motifs is 2. The molecule has 7 heteroatoms. The fourth-order valence-electron chi connectivity index (χ4n) is 3.53. The minimum Gasteiger partial charge on any atom is -0.353 e. The SMILES string of the molecule is CN=C(NCc1cn2ccccc2n1)NC1CCc2cn(C(C)C)nc2C1. The van der Waals surface area contributed by atoms with E-state index in [0.29, 0.717) is 18.6 Å². The van der Waals surface area contributed by atoms with E-state index in [0.717, 1.165) is 36.6 Å². The van der Waals surface area contributed by atoms with Crippen LogP contribution in [0, 0.1) is 0 Å². The molecule has 142 valence electrons. The average molecular weight is 365 g/mol. The smallest absolute Gasteiger partial charge is 0.191 e. The second-order valence-corrected chi connectivity index (χ2v) is 7.38. The van der Waals surface area contributed by atoms with Gasteiger partial charge in [-0.2, -0.15) is 5.10 Å². The molecule has 3 heterocycles. The Labute approximate surface area is 159 Å². The van der Waals surface area contributed by atoms with Gasteiger partial charge in [0.05, 0.1) is 17.9 Å². The Balaban J connectivity index is 1.36. The van der Waals surface area contributed by atoms with Crippen molar-refractivity contribution < 1.29 is 0 Å². The number of aliphatic imine (C=N–C) groups is 1. The summed E-state index contributed by atoms with van der Waals surface area (Å²) >= 11 is 0. The Morgan fingerprint density at radius 3 is 3.00 bits per heavy atom. The maximum atomic E-state index is 4.76. The number of pyridine rings is 1. The van der Waals surface area contributed by atoms with Gasteiger partial charge in [-0.1, -0.05) is 6.07 Å². The van der Waals surface area contributed by atoms with Crippen LogP contribution in [0.3, 0.4) is 0 Å². The van der Waals surface area contributed by atoms with Crippen molar-refractivity contribution in [1.29, 1.82) is 0 Å². The molecule has 0 bridgehead atoms. The first-order valence-electron chi connectivity index (χ1n) is 9.59. The molecule has 0 saturated heterocycles. The van der Waals surface area contributed by atoms with Gasteiger partial charge < -0.3 is 15.0 Å². The Kier molecular flexibility index (Phi) is 4.83. The molecule has 0 aliphatic heterocycles. The molecule has 1 unspecified atom stereocenters. The van der Waals surface area contributed by atoms with Crippen LogP contribution in [-0.2, 0) is 19.4 Å². The second-order valence-electron chi connectivity index (χ2n) is 7.38. The van der Waals surface area contributed by atoms with Crippen molar-refractivity contribution in [2.75, 3.05) is 7.05 Å². The molecule has 0 radical (unpaired) electrons. The highest BCUT2D eigenvalue weighted by Gasteiger charge is 2.23. The number of guanidine groups is 1. The molecule has 7 nitrogen and oxygen atoms in total. The van der Waals surface area contributed by atoms with Crippen LogP contribution in [0.2, 0.25) is 0 Å². The lowest BCUT2D eigenvalue weighted by Gasteiger charge is -2.24. The van der Waals surface area contributed by atoms with Gasteiger partial charge in [0.15, 0.2) is 5.96 Å². The van der Waals surface area contributed by atoms with E-state index in [1.807, 2.05) is 35.0 Å². The number of hydrogen-bond donors (Lipinski definition) is 2. The Bertz CT molecular complexity index is 917. The maximum absolute atomic E-state index is 4.76. The lowest BCUT2D eigenvalue weighted by atomic mass is 9.94. The van der Waals surface area contributed by atoms with Gasteiger partial charge in [0.1, 0.15) is 5.65 Å². The Morgan fingerprint density at radius 2 is 2.22 bits per heavy atom. The number of nitrogens with one attached hydrogen (secondary N) is 2. The highest BCUT2D eigenvalue weighted by atomic mass is 15.3. The predicted octanol–water partition coefficient (Wildman–Crippen LogP) is 2.33. The molecule has 27 heavy (non-hydrogen) atoms. The van der Waals surface area contributed by atoms with Crippen molar-refractivity contribution in [3.05, 3.63) is 53.7 Å². The second kappa shape index (κ2) is 7.42. The molecule has 0 spiro atoms. The third kappa shape index (κ3) is 3.82. The summed E-state index contributed by atoms with van der Waals surface area (Å²) in [6, 6.07) is 6.76. The third-order valence-corrected chi connectivity index (χ3v) is 5.04. The van der Waals surface area contributed by atoms with Crippen LogP contribution in [0.15, 0.2) is 41.8 Å². The van der Waals surface area contributed by atoms with E-state index >= 15 is 0 Å². The molecule has 3 aromatic heterocycles. The van der Waals surface area contributed by atoms with Crippen LogP contribution >= 0.6 is 0 Å². The fraction of sp³-hybridized carbons (Fsp3) is 0.450. The maximum Gasteiger partial charge on any atom is 0.191 e. The van der Waals surface area contributed by atoms with Crippen molar-refractivity contribution in [1.82, 2.24) is 29.8 Å². The van der Waals surface area contributed by atoms with Gasteiger partial charge >= 0.3 is 0 Å². The van der Waals surface area contributed by atoms with Crippen LogP contribution in [0.1, 0.15) is 43.3 Å². The van der Waals surface area contributed by atoms with E-state index in [4.69, 9.17) is 5.10 Å².